The Bertz CT molecular complexity index is 180. The molecule has 6 heteroatoms. The third kappa shape index (κ3) is 2.42. The lowest BCUT2D eigenvalue weighted by molar-refractivity contribution is -0.146. The number of nitrogens with two attached hydrogens (primary N) is 1. The Morgan fingerprint density at radius 2 is 2.55 bits per heavy atom. The zero-order valence-electron chi connectivity index (χ0n) is 5.61. The van der Waals surface area contributed by atoms with Gasteiger partial charge in [-0.3, -0.25) is 0 Å². The van der Waals surface area contributed by atoms with Gasteiger partial charge < -0.3 is 19.9 Å². The molecule has 0 spiro atoms. The van der Waals surface area contributed by atoms with Crippen LogP contribution in [-0.2, 0) is 19.0 Å². The fraction of sp³-hybridized carbons (Fsp3) is 0.600. The highest BCUT2D eigenvalue weighted by molar-refractivity contribution is 5.72. The summed E-state index contributed by atoms with van der Waals surface area (Å²) < 4.78 is 13.5. The molecule has 0 aromatic rings. The van der Waals surface area contributed by atoms with Gasteiger partial charge in [-0.1, -0.05) is 0 Å². The minimum atomic E-state index is -0.920. The van der Waals surface area contributed by atoms with E-state index in [0.29, 0.717) is 0 Å². The first-order chi connectivity index (χ1) is 5.18. The summed E-state index contributed by atoms with van der Waals surface area (Å²) in [7, 11) is 0. The molecule has 1 saturated heterocycles. The summed E-state index contributed by atoms with van der Waals surface area (Å²) in [6.45, 7) is -0.256. The van der Waals surface area contributed by atoms with Crippen LogP contribution < -0.4 is 5.73 Å². The summed E-state index contributed by atoms with van der Waals surface area (Å²) in [5.74, 6) is -0.469. The number of esters is 1. The van der Waals surface area contributed by atoms with Gasteiger partial charge in [0.1, 0.15) is 6.61 Å². The van der Waals surface area contributed by atoms with Crippen LogP contribution in [0, 0.1) is 0 Å². The van der Waals surface area contributed by atoms with Crippen molar-refractivity contribution in [3.8, 4) is 0 Å². The van der Waals surface area contributed by atoms with Crippen LogP contribution in [0.15, 0.2) is 0 Å². The Morgan fingerprint density at radius 1 is 1.82 bits per heavy atom. The van der Waals surface area contributed by atoms with Gasteiger partial charge in [-0.25, -0.2) is 9.59 Å². The van der Waals surface area contributed by atoms with E-state index >= 15 is 0 Å². The molecular weight excluding hydrogens is 154 g/mol. The zero-order valence-corrected chi connectivity index (χ0v) is 5.61. The maximum atomic E-state index is 10.4. The lowest BCUT2D eigenvalue weighted by Gasteiger charge is -2.06. The molecule has 11 heavy (non-hydrogen) atoms. The molecule has 0 aromatic heterocycles. The van der Waals surface area contributed by atoms with Crippen LogP contribution >= 0.6 is 0 Å². The van der Waals surface area contributed by atoms with Crippen molar-refractivity contribution in [3.63, 3.8) is 0 Å². The Kier molecular flexibility index (Phi) is 2.27. The van der Waals surface area contributed by atoms with Crippen LogP contribution in [0.2, 0.25) is 0 Å². The second-order valence-corrected chi connectivity index (χ2v) is 1.86. The standard InChI is InChI=1S/C5H7NO5/c6-5(8)10-2-4-9-1-3(7)11-4/h4H,1-2H2,(H2,6,8). The van der Waals surface area contributed by atoms with E-state index in [1.165, 1.54) is 0 Å². The summed E-state index contributed by atoms with van der Waals surface area (Å²) in [6, 6.07) is 0. The van der Waals surface area contributed by atoms with Gasteiger partial charge in [0.25, 0.3) is 0 Å². The molecule has 0 aliphatic carbocycles. The van der Waals surface area contributed by atoms with Crippen molar-refractivity contribution in [3.05, 3.63) is 0 Å². The summed E-state index contributed by atoms with van der Waals surface area (Å²) in [5, 5.41) is 0. The van der Waals surface area contributed by atoms with Crippen LogP contribution in [0.1, 0.15) is 0 Å². The molecule has 1 amide bonds. The number of carbonyl (C=O) groups is 2. The van der Waals surface area contributed by atoms with Crippen LogP contribution in [0.4, 0.5) is 4.79 Å². The SMILES string of the molecule is NC(=O)OCC1OCC(=O)O1. The number of cyclic esters (lactones) is 1. The van der Waals surface area contributed by atoms with Gasteiger partial charge in [-0.05, 0) is 0 Å². The van der Waals surface area contributed by atoms with Crippen LogP contribution in [0.5, 0.6) is 0 Å². The van der Waals surface area contributed by atoms with Crippen molar-refractivity contribution in [2.24, 2.45) is 5.73 Å². The fourth-order valence-electron chi connectivity index (χ4n) is 0.608. The number of hydrogen-bond acceptors (Lipinski definition) is 5. The first kappa shape index (κ1) is 7.80. The molecule has 1 unspecified atom stereocenters. The molecule has 1 aliphatic heterocycles. The lowest BCUT2D eigenvalue weighted by Crippen LogP contribution is -2.22. The molecule has 1 fully saturated rings. The van der Waals surface area contributed by atoms with Crippen LogP contribution in [0.3, 0.4) is 0 Å². The molecule has 62 valence electrons. The van der Waals surface area contributed by atoms with Crippen molar-refractivity contribution in [2.45, 2.75) is 6.29 Å². The topological polar surface area (TPSA) is 87.9 Å². The molecule has 1 atom stereocenters. The first-order valence-corrected chi connectivity index (χ1v) is 2.92. The predicted octanol–water partition coefficient (Wildman–Crippen LogP) is -1.02. The summed E-state index contributed by atoms with van der Waals surface area (Å²) in [5.41, 5.74) is 4.65. The number of rotatable bonds is 2. The van der Waals surface area contributed by atoms with E-state index in [9.17, 15) is 9.59 Å². The van der Waals surface area contributed by atoms with Gasteiger partial charge in [-0.2, -0.15) is 0 Å². The minimum Gasteiger partial charge on any atom is -0.443 e. The zero-order chi connectivity index (χ0) is 8.27. The highest BCUT2D eigenvalue weighted by Gasteiger charge is 2.24. The van der Waals surface area contributed by atoms with E-state index in [2.05, 4.69) is 15.2 Å². The van der Waals surface area contributed by atoms with Gasteiger partial charge >= 0.3 is 12.1 Å². The lowest BCUT2D eigenvalue weighted by atomic mass is 10.7. The van der Waals surface area contributed by atoms with Crippen LogP contribution in [-0.4, -0.2) is 31.6 Å². The average Bonchev–Trinajstić information content (AvgIpc) is 2.31. The number of carbonyl (C=O) groups excluding carboxylic acids is 2. The smallest absolute Gasteiger partial charge is 0.404 e. The number of hydrogen-bond donors (Lipinski definition) is 1. The van der Waals surface area contributed by atoms with Gasteiger partial charge in [0, 0.05) is 0 Å². The van der Waals surface area contributed by atoms with E-state index in [4.69, 9.17) is 4.74 Å². The average molecular weight is 161 g/mol. The molecule has 0 aromatic carbocycles. The summed E-state index contributed by atoms with van der Waals surface area (Å²) in [4.78, 5) is 20.4. The van der Waals surface area contributed by atoms with Crippen molar-refractivity contribution >= 4 is 12.1 Å². The summed E-state index contributed by atoms with van der Waals surface area (Å²) >= 11 is 0. The maximum absolute atomic E-state index is 10.4. The Hall–Kier alpha value is -1.30. The monoisotopic (exact) mass is 161 g/mol. The molecule has 2 N–H and O–H groups in total. The normalized spacial score (nSPS) is 22.9. The quantitative estimate of drug-likeness (QED) is 0.524. The van der Waals surface area contributed by atoms with E-state index in [0.717, 1.165) is 0 Å². The van der Waals surface area contributed by atoms with E-state index in [1.54, 1.807) is 0 Å². The van der Waals surface area contributed by atoms with Gasteiger partial charge in [0.15, 0.2) is 6.61 Å². The third-order valence-corrected chi connectivity index (χ3v) is 1.01. The van der Waals surface area contributed by atoms with Crippen LogP contribution in [0.25, 0.3) is 0 Å². The predicted molar refractivity (Wildman–Crippen MR) is 31.4 cm³/mol. The summed E-state index contributed by atoms with van der Waals surface area (Å²) in [6.07, 6.45) is -1.72. The number of ether oxygens (including phenoxy) is 3. The number of amides is 1. The Labute approximate surface area is 62.2 Å². The van der Waals surface area contributed by atoms with Gasteiger partial charge in [-0.15, -0.1) is 0 Å². The van der Waals surface area contributed by atoms with E-state index in [1.807, 2.05) is 0 Å². The van der Waals surface area contributed by atoms with E-state index < -0.39 is 18.4 Å². The second-order valence-electron chi connectivity index (χ2n) is 1.86. The van der Waals surface area contributed by atoms with Crippen molar-refractivity contribution in [1.29, 1.82) is 0 Å². The minimum absolute atomic E-state index is 0.104. The molecule has 1 heterocycles. The Balaban J connectivity index is 2.18. The molecule has 1 aliphatic rings. The molecule has 0 radical (unpaired) electrons. The van der Waals surface area contributed by atoms with Gasteiger partial charge in [0.05, 0.1) is 0 Å². The Morgan fingerprint density at radius 3 is 3.00 bits per heavy atom. The highest BCUT2D eigenvalue weighted by Crippen LogP contribution is 2.04. The second kappa shape index (κ2) is 3.20. The largest absolute Gasteiger partial charge is 0.443 e. The molecule has 0 saturated carbocycles. The molecular formula is C5H7NO5. The molecule has 0 bridgehead atoms. The molecule has 1 rings (SSSR count). The maximum Gasteiger partial charge on any atom is 0.404 e. The first-order valence-electron chi connectivity index (χ1n) is 2.92. The van der Waals surface area contributed by atoms with Crippen molar-refractivity contribution in [1.82, 2.24) is 0 Å². The third-order valence-electron chi connectivity index (χ3n) is 1.01. The fourth-order valence-corrected chi connectivity index (χ4v) is 0.608. The van der Waals surface area contributed by atoms with E-state index in [-0.39, 0.29) is 13.2 Å². The molecule has 6 nitrogen and oxygen atoms in total. The highest BCUT2D eigenvalue weighted by atomic mass is 16.8. The van der Waals surface area contributed by atoms with Crippen molar-refractivity contribution in [2.75, 3.05) is 13.2 Å². The van der Waals surface area contributed by atoms with Crippen molar-refractivity contribution < 1.29 is 23.8 Å². The number of primary amides is 1. The van der Waals surface area contributed by atoms with Gasteiger partial charge in [0.2, 0.25) is 6.29 Å².